The quantitative estimate of drug-likeness (QED) is 0.629. The lowest BCUT2D eigenvalue weighted by Gasteiger charge is -2.27. The molecule has 2 atom stereocenters. The summed E-state index contributed by atoms with van der Waals surface area (Å²) in [6.45, 7) is 0. The summed E-state index contributed by atoms with van der Waals surface area (Å²) >= 11 is 0. The van der Waals surface area contributed by atoms with Crippen molar-refractivity contribution in [3.63, 3.8) is 0 Å². The monoisotopic (exact) mass is 200 g/mol. The summed E-state index contributed by atoms with van der Waals surface area (Å²) in [5.41, 5.74) is 2.75. The molecular weight excluding hydrogens is 184 g/mol. The van der Waals surface area contributed by atoms with Crippen molar-refractivity contribution in [1.82, 2.24) is 0 Å². The molecule has 1 nitrogen and oxygen atoms in total. The Morgan fingerprint density at radius 2 is 1.87 bits per heavy atom. The highest BCUT2D eigenvalue weighted by Crippen LogP contribution is 2.39. The van der Waals surface area contributed by atoms with Gasteiger partial charge in [0.1, 0.15) is 5.78 Å². The van der Waals surface area contributed by atoms with Crippen LogP contribution < -0.4 is 0 Å². The molecule has 2 bridgehead atoms. The highest BCUT2D eigenvalue weighted by molar-refractivity contribution is 5.90. The summed E-state index contributed by atoms with van der Waals surface area (Å²) < 4.78 is 0. The molecule has 0 saturated heterocycles. The molecule has 0 aromatic heterocycles. The standard InChI is InChI=1S/C14H16O/c15-14-11-6-2-4-8-13(14)12-7-3-1-5-10(12)9-11/h1,3,5,7,11,13H,2,4,6,8-9H2. The Labute approximate surface area is 90.5 Å². The molecule has 0 amide bonds. The minimum atomic E-state index is 0.224. The van der Waals surface area contributed by atoms with Crippen LogP contribution in [-0.4, -0.2) is 5.78 Å². The molecule has 0 heterocycles. The summed E-state index contributed by atoms with van der Waals surface area (Å²) in [7, 11) is 0. The molecule has 2 unspecified atom stereocenters. The Balaban J connectivity index is 2.09. The lowest BCUT2D eigenvalue weighted by Crippen LogP contribution is -2.28. The van der Waals surface area contributed by atoms with E-state index in [-0.39, 0.29) is 5.92 Å². The molecule has 0 aliphatic heterocycles. The van der Waals surface area contributed by atoms with Crippen LogP contribution in [0.1, 0.15) is 42.7 Å². The number of fused-ring (bicyclic) bond motifs is 4. The van der Waals surface area contributed by atoms with Crippen LogP contribution in [0.4, 0.5) is 0 Å². The SMILES string of the molecule is O=C1C2CCCCC1c1ccccc1C2. The summed E-state index contributed by atoms with van der Waals surface area (Å²) in [5.74, 6) is 1.07. The zero-order valence-electron chi connectivity index (χ0n) is 8.91. The molecule has 1 saturated carbocycles. The van der Waals surface area contributed by atoms with E-state index in [2.05, 4.69) is 24.3 Å². The molecule has 1 fully saturated rings. The number of hydrogen-bond donors (Lipinski definition) is 0. The fourth-order valence-electron chi connectivity index (χ4n) is 3.15. The lowest BCUT2D eigenvalue weighted by molar-refractivity contribution is -0.124. The maximum Gasteiger partial charge on any atom is 0.143 e. The summed E-state index contributed by atoms with van der Waals surface area (Å²) in [6, 6.07) is 8.52. The number of rotatable bonds is 0. The van der Waals surface area contributed by atoms with E-state index in [1.54, 1.807) is 0 Å². The Bertz CT molecular complexity index is 394. The van der Waals surface area contributed by atoms with E-state index in [1.807, 2.05) is 0 Å². The third-order valence-electron chi connectivity index (χ3n) is 3.94. The Morgan fingerprint density at radius 1 is 1.07 bits per heavy atom. The number of Topliss-reactive ketones (excluding diaryl/α,β-unsaturated/α-hetero) is 1. The Morgan fingerprint density at radius 3 is 2.80 bits per heavy atom. The van der Waals surface area contributed by atoms with Crippen LogP contribution in [-0.2, 0) is 11.2 Å². The van der Waals surface area contributed by atoms with Gasteiger partial charge in [0.2, 0.25) is 0 Å². The first-order valence-corrected chi connectivity index (χ1v) is 5.98. The van der Waals surface area contributed by atoms with Crippen molar-refractivity contribution in [2.75, 3.05) is 0 Å². The van der Waals surface area contributed by atoms with Crippen molar-refractivity contribution in [2.45, 2.75) is 38.0 Å². The van der Waals surface area contributed by atoms with Crippen LogP contribution in [0.15, 0.2) is 24.3 Å². The van der Waals surface area contributed by atoms with Crippen molar-refractivity contribution in [2.24, 2.45) is 5.92 Å². The minimum Gasteiger partial charge on any atom is -0.299 e. The van der Waals surface area contributed by atoms with E-state index >= 15 is 0 Å². The van der Waals surface area contributed by atoms with E-state index in [1.165, 1.54) is 24.0 Å². The zero-order valence-corrected chi connectivity index (χ0v) is 8.91. The highest BCUT2D eigenvalue weighted by atomic mass is 16.1. The fraction of sp³-hybridized carbons (Fsp3) is 0.500. The van der Waals surface area contributed by atoms with Gasteiger partial charge in [-0.2, -0.15) is 0 Å². The average molecular weight is 200 g/mol. The van der Waals surface area contributed by atoms with E-state index in [4.69, 9.17) is 0 Å². The minimum absolute atomic E-state index is 0.224. The van der Waals surface area contributed by atoms with Gasteiger partial charge in [-0.15, -0.1) is 0 Å². The van der Waals surface area contributed by atoms with Crippen molar-refractivity contribution in [1.29, 1.82) is 0 Å². The first kappa shape index (κ1) is 9.14. The molecule has 0 N–H and O–H groups in total. The molecule has 2 aliphatic carbocycles. The van der Waals surface area contributed by atoms with Crippen LogP contribution in [0.25, 0.3) is 0 Å². The zero-order chi connectivity index (χ0) is 10.3. The molecule has 0 spiro atoms. The highest BCUT2D eigenvalue weighted by Gasteiger charge is 2.35. The molecule has 1 heteroatoms. The second-order valence-electron chi connectivity index (χ2n) is 4.84. The van der Waals surface area contributed by atoms with Crippen LogP contribution in [0, 0.1) is 5.92 Å². The van der Waals surface area contributed by atoms with E-state index in [0.29, 0.717) is 11.7 Å². The summed E-state index contributed by atoms with van der Waals surface area (Å²) in [6.07, 6.45) is 5.64. The van der Waals surface area contributed by atoms with Gasteiger partial charge >= 0.3 is 0 Å². The lowest BCUT2D eigenvalue weighted by atomic mass is 9.75. The van der Waals surface area contributed by atoms with Crippen molar-refractivity contribution in [3.8, 4) is 0 Å². The van der Waals surface area contributed by atoms with Gasteiger partial charge in [0.25, 0.3) is 0 Å². The van der Waals surface area contributed by atoms with Gasteiger partial charge in [0.05, 0.1) is 0 Å². The number of benzene rings is 1. The summed E-state index contributed by atoms with van der Waals surface area (Å²) in [5, 5.41) is 0. The smallest absolute Gasteiger partial charge is 0.143 e. The van der Waals surface area contributed by atoms with Crippen LogP contribution >= 0.6 is 0 Å². The van der Waals surface area contributed by atoms with Crippen LogP contribution in [0.3, 0.4) is 0 Å². The molecule has 1 aromatic carbocycles. The van der Waals surface area contributed by atoms with E-state index < -0.39 is 0 Å². The predicted octanol–water partition coefficient (Wildman–Crippen LogP) is 3.09. The molecule has 0 radical (unpaired) electrons. The van der Waals surface area contributed by atoms with Crippen molar-refractivity contribution < 1.29 is 4.79 Å². The molecular formula is C14H16O. The Kier molecular flexibility index (Phi) is 2.12. The normalized spacial score (nSPS) is 29.5. The van der Waals surface area contributed by atoms with Crippen LogP contribution in [0.5, 0.6) is 0 Å². The van der Waals surface area contributed by atoms with Crippen LogP contribution in [0.2, 0.25) is 0 Å². The second-order valence-corrected chi connectivity index (χ2v) is 4.84. The first-order chi connectivity index (χ1) is 7.36. The van der Waals surface area contributed by atoms with E-state index in [9.17, 15) is 4.79 Å². The van der Waals surface area contributed by atoms with Gasteiger partial charge in [-0.05, 0) is 30.4 Å². The van der Waals surface area contributed by atoms with Crippen molar-refractivity contribution in [3.05, 3.63) is 35.4 Å². The molecule has 78 valence electrons. The second kappa shape index (κ2) is 3.48. The predicted molar refractivity (Wildman–Crippen MR) is 59.9 cm³/mol. The van der Waals surface area contributed by atoms with E-state index in [0.717, 1.165) is 19.3 Å². The molecule has 3 rings (SSSR count). The van der Waals surface area contributed by atoms with Crippen molar-refractivity contribution >= 4 is 5.78 Å². The number of hydrogen-bond acceptors (Lipinski definition) is 1. The topological polar surface area (TPSA) is 17.1 Å². The van der Waals surface area contributed by atoms with Gasteiger partial charge in [0.15, 0.2) is 0 Å². The van der Waals surface area contributed by atoms with Gasteiger partial charge in [-0.3, -0.25) is 4.79 Å². The fourth-order valence-corrected chi connectivity index (χ4v) is 3.15. The largest absolute Gasteiger partial charge is 0.299 e. The van der Waals surface area contributed by atoms with Gasteiger partial charge < -0.3 is 0 Å². The average Bonchev–Trinajstić information content (AvgIpc) is 2.39. The van der Waals surface area contributed by atoms with Gasteiger partial charge in [-0.1, -0.05) is 37.1 Å². The first-order valence-electron chi connectivity index (χ1n) is 5.98. The third kappa shape index (κ3) is 1.41. The summed E-state index contributed by atoms with van der Waals surface area (Å²) in [4.78, 5) is 12.2. The number of ketones is 1. The molecule has 15 heavy (non-hydrogen) atoms. The van der Waals surface area contributed by atoms with Gasteiger partial charge in [0, 0.05) is 11.8 Å². The number of carbonyl (C=O) groups excluding carboxylic acids is 1. The number of carbonyl (C=O) groups is 1. The Hall–Kier alpha value is -1.11. The third-order valence-corrected chi connectivity index (χ3v) is 3.94. The molecule has 1 aromatic rings. The molecule has 2 aliphatic rings. The maximum absolute atomic E-state index is 12.2. The maximum atomic E-state index is 12.2. The van der Waals surface area contributed by atoms with Gasteiger partial charge in [-0.25, -0.2) is 0 Å².